The second-order valence-corrected chi connectivity index (χ2v) is 47.9. The van der Waals surface area contributed by atoms with Gasteiger partial charge >= 0.3 is 193 Å². The van der Waals surface area contributed by atoms with Crippen LogP contribution in [0.2, 0.25) is 0 Å². The topological polar surface area (TPSA) is 0 Å². The van der Waals surface area contributed by atoms with E-state index in [1.807, 2.05) is 35.8 Å². The Bertz CT molecular complexity index is 378. The van der Waals surface area contributed by atoms with Crippen LogP contribution in [0, 0.1) is 0 Å². The van der Waals surface area contributed by atoms with E-state index in [0.29, 0.717) is 0 Å². The molecule has 0 aromatic heterocycles. The van der Waals surface area contributed by atoms with Crippen molar-refractivity contribution in [1.29, 1.82) is 0 Å². The fraction of sp³-hybridized carbons (Fsp3) is 0.750. The van der Waals surface area contributed by atoms with Gasteiger partial charge in [0, 0.05) is 0 Å². The normalized spacial score (nSPS) is 11.4. The summed E-state index contributed by atoms with van der Waals surface area (Å²) in [6.07, 6.45) is 8.31. The summed E-state index contributed by atoms with van der Waals surface area (Å²) >= 11 is 19.8. The third-order valence-corrected chi connectivity index (χ3v) is 49.5. The molecule has 0 aliphatic heterocycles. The molecular weight excluding hydrogens is 567 g/mol. The molecule has 144 valence electrons. The molecule has 0 spiro atoms. The van der Waals surface area contributed by atoms with Gasteiger partial charge in [-0.25, -0.2) is 0 Å². The monoisotopic (exact) mass is 596 g/mol. The van der Waals surface area contributed by atoms with Gasteiger partial charge in [0.2, 0.25) is 0 Å². The van der Waals surface area contributed by atoms with Crippen molar-refractivity contribution in [2.24, 2.45) is 0 Å². The van der Waals surface area contributed by atoms with Gasteiger partial charge in [-0.2, -0.15) is 0 Å². The first kappa shape index (κ1) is 27.6. The van der Waals surface area contributed by atoms with Crippen molar-refractivity contribution in [3.05, 3.63) is 0 Å². The molecule has 0 radical (unpaired) electrons. The van der Waals surface area contributed by atoms with Crippen molar-refractivity contribution in [2.45, 2.75) is 79.1 Å². The Labute approximate surface area is 191 Å². The molecule has 0 unspecified atom stereocenters. The number of thiocarbonyl (C=S) groups is 4. The van der Waals surface area contributed by atoms with Crippen LogP contribution in [0.4, 0.5) is 0 Å². The van der Waals surface area contributed by atoms with Crippen LogP contribution < -0.4 is 0 Å². The molecule has 0 amide bonds. The molecule has 0 aromatic rings. The van der Waals surface area contributed by atoms with E-state index in [4.69, 9.17) is 48.9 Å². The van der Waals surface area contributed by atoms with Crippen LogP contribution in [0.1, 0.15) is 79.1 Å². The second-order valence-electron chi connectivity index (χ2n) is 5.40. The van der Waals surface area contributed by atoms with Gasteiger partial charge in [-0.05, 0) is 0 Å². The summed E-state index contributed by atoms with van der Waals surface area (Å²) in [6.45, 7) is 8.73. The molecule has 0 N–H and O–H groups in total. The van der Waals surface area contributed by atoms with Crippen LogP contribution in [0.5, 0.6) is 0 Å². The second kappa shape index (κ2) is 16.4. The Balaban J connectivity index is 5.55. The first-order valence-electron chi connectivity index (χ1n) is 8.69. The zero-order valence-corrected chi connectivity index (χ0v) is 24.8. The first-order valence-corrected chi connectivity index (χ1v) is 27.6. The molecule has 0 aliphatic carbocycles. The van der Waals surface area contributed by atoms with Gasteiger partial charge < -0.3 is 0 Å². The molecule has 0 aromatic carbocycles. The fourth-order valence-electron chi connectivity index (χ4n) is 1.70. The van der Waals surface area contributed by atoms with Crippen LogP contribution in [-0.4, -0.2) is 29.6 Å². The summed E-state index contributed by atoms with van der Waals surface area (Å²) in [7, 11) is 7.79. The molecule has 0 saturated heterocycles. The molecule has 0 fully saturated rings. The third-order valence-electron chi connectivity index (χ3n) is 2.77. The molecule has 0 nitrogen and oxygen atoms in total. The standard InChI is InChI=1S/4C4H8S2.Sn/c4*1-2-3-4(5)6;/h4*2-3H2,1H3,(H,5,6);/q;;;;+4/p-4. The Kier molecular flexibility index (Phi) is 18.0. The maximum atomic E-state index is 5.70. The maximum absolute atomic E-state index is 5.70. The van der Waals surface area contributed by atoms with Gasteiger partial charge in [-0.15, -0.1) is 0 Å². The van der Waals surface area contributed by atoms with E-state index in [-0.39, 0.29) is 0 Å². The average Bonchev–Trinajstić information content (AvgIpc) is 2.47. The van der Waals surface area contributed by atoms with E-state index >= 15 is 0 Å². The summed E-state index contributed by atoms with van der Waals surface area (Å²) in [5.74, 6) is 0. The molecule has 0 heterocycles. The zero-order chi connectivity index (χ0) is 19.3. The van der Waals surface area contributed by atoms with E-state index < -0.39 is 12.8 Å². The zero-order valence-electron chi connectivity index (χ0n) is 15.4. The number of rotatable bonds is 12. The van der Waals surface area contributed by atoms with Gasteiger partial charge in [0.05, 0.1) is 0 Å². The van der Waals surface area contributed by atoms with Crippen LogP contribution in [-0.2, 0) is 0 Å². The Hall–Kier alpha value is 2.56. The van der Waals surface area contributed by atoms with Crippen LogP contribution in [0.15, 0.2) is 0 Å². The van der Waals surface area contributed by atoms with Gasteiger partial charge in [0.1, 0.15) is 0 Å². The minimum absolute atomic E-state index is 0.988. The van der Waals surface area contributed by atoms with Crippen LogP contribution >= 0.6 is 84.7 Å². The van der Waals surface area contributed by atoms with Crippen LogP contribution in [0.3, 0.4) is 0 Å². The first-order chi connectivity index (χ1) is 11.8. The Morgan fingerprint density at radius 2 is 0.720 bits per heavy atom. The van der Waals surface area contributed by atoms with E-state index in [9.17, 15) is 0 Å². The number of hydrogen-bond donors (Lipinski definition) is 0. The van der Waals surface area contributed by atoms with Crippen molar-refractivity contribution in [1.82, 2.24) is 0 Å². The molecule has 9 heteroatoms. The van der Waals surface area contributed by atoms with Gasteiger partial charge in [0.25, 0.3) is 0 Å². The Morgan fingerprint density at radius 1 is 0.520 bits per heavy atom. The molecular formula is C16H28S8Sn. The van der Waals surface area contributed by atoms with Gasteiger partial charge in [-0.1, -0.05) is 0 Å². The average molecular weight is 596 g/mol. The third kappa shape index (κ3) is 13.4. The Morgan fingerprint density at radius 3 is 0.880 bits per heavy atom. The van der Waals surface area contributed by atoms with Crippen molar-refractivity contribution in [2.75, 3.05) is 0 Å². The van der Waals surface area contributed by atoms with Crippen molar-refractivity contribution in [3.63, 3.8) is 0 Å². The van der Waals surface area contributed by atoms with Crippen molar-refractivity contribution < 1.29 is 0 Å². The quantitative estimate of drug-likeness (QED) is 0.160. The molecule has 25 heavy (non-hydrogen) atoms. The van der Waals surface area contributed by atoms with E-state index in [0.717, 1.165) is 68.2 Å². The summed E-state index contributed by atoms with van der Waals surface area (Å²) in [4.78, 5) is 0. The molecule has 0 bridgehead atoms. The summed E-state index contributed by atoms with van der Waals surface area (Å²) in [6, 6.07) is 0. The minimum atomic E-state index is -3.01. The van der Waals surface area contributed by atoms with Crippen molar-refractivity contribution >= 4 is 114 Å². The summed E-state index contributed by atoms with van der Waals surface area (Å²) in [5.41, 5.74) is 0. The molecule has 0 saturated carbocycles. The summed E-state index contributed by atoms with van der Waals surface area (Å²) < 4.78 is 4.46. The van der Waals surface area contributed by atoms with E-state index in [1.54, 1.807) is 0 Å². The molecule has 0 atom stereocenters. The van der Waals surface area contributed by atoms with E-state index in [2.05, 4.69) is 27.7 Å². The van der Waals surface area contributed by atoms with Crippen LogP contribution in [0.25, 0.3) is 0 Å². The fourth-order valence-corrected chi connectivity index (χ4v) is 72.4. The van der Waals surface area contributed by atoms with Gasteiger partial charge in [-0.3, -0.25) is 0 Å². The van der Waals surface area contributed by atoms with Gasteiger partial charge in [0.15, 0.2) is 0 Å². The molecule has 0 rings (SSSR count). The number of hydrogen-bond acceptors (Lipinski definition) is 8. The SMILES string of the molecule is CCCC(=S)[S][Sn]([S]C(=S)CCC)([S]C(=S)CCC)[S]C(=S)CCC. The van der Waals surface area contributed by atoms with E-state index in [1.165, 1.54) is 0 Å². The predicted molar refractivity (Wildman–Crippen MR) is 146 cm³/mol. The summed E-state index contributed by atoms with van der Waals surface area (Å²) in [5, 5.41) is 0. The van der Waals surface area contributed by atoms with Crippen molar-refractivity contribution in [3.8, 4) is 0 Å². The predicted octanol–water partition coefficient (Wildman–Crippen LogP) is 8.86. The molecule has 0 aliphatic rings.